The molecule has 2 amide bonds. The van der Waals surface area contributed by atoms with E-state index in [-0.39, 0.29) is 19.1 Å². The van der Waals surface area contributed by atoms with E-state index in [9.17, 15) is 19.5 Å². The molecule has 0 spiro atoms. The molecule has 33 heavy (non-hydrogen) atoms. The van der Waals surface area contributed by atoms with E-state index in [1.165, 1.54) is 13.8 Å². The van der Waals surface area contributed by atoms with Gasteiger partial charge in [-0.2, -0.15) is 0 Å². The van der Waals surface area contributed by atoms with Crippen molar-refractivity contribution >= 4 is 18.0 Å². The van der Waals surface area contributed by atoms with Crippen LogP contribution in [0, 0.1) is 5.41 Å². The van der Waals surface area contributed by atoms with Crippen molar-refractivity contribution in [3.8, 4) is 11.1 Å². The first-order chi connectivity index (χ1) is 15.8. The first-order valence-electron chi connectivity index (χ1n) is 11.0. The topological polar surface area (TPSA) is 114 Å². The van der Waals surface area contributed by atoms with Crippen molar-refractivity contribution < 1.29 is 29.0 Å². The number of amides is 2. The molecule has 1 saturated heterocycles. The molecular formula is C25H28N2O6. The average molecular weight is 453 g/mol. The molecule has 8 nitrogen and oxygen atoms in total. The van der Waals surface area contributed by atoms with Gasteiger partial charge in [0.15, 0.2) is 6.10 Å². The number of nitrogens with one attached hydrogen (secondary N) is 2. The number of carboxylic acids is 1. The van der Waals surface area contributed by atoms with Crippen LogP contribution in [0.3, 0.4) is 0 Å². The summed E-state index contributed by atoms with van der Waals surface area (Å²) in [7, 11) is 0. The smallest absolute Gasteiger partial charge is 0.407 e. The number of hydrogen-bond acceptors (Lipinski definition) is 5. The van der Waals surface area contributed by atoms with Crippen LogP contribution in [0.4, 0.5) is 4.79 Å². The van der Waals surface area contributed by atoms with E-state index >= 15 is 0 Å². The lowest BCUT2D eigenvalue weighted by atomic mass is 9.94. The van der Waals surface area contributed by atoms with Gasteiger partial charge in [0.1, 0.15) is 6.61 Å². The Hall–Kier alpha value is -3.39. The van der Waals surface area contributed by atoms with Crippen molar-refractivity contribution in [1.29, 1.82) is 0 Å². The summed E-state index contributed by atoms with van der Waals surface area (Å²) in [4.78, 5) is 36.3. The third-order valence-electron chi connectivity index (χ3n) is 6.28. The minimum atomic E-state index is -1.11. The summed E-state index contributed by atoms with van der Waals surface area (Å²) in [6.45, 7) is 3.50. The Kier molecular flexibility index (Phi) is 6.37. The fraction of sp³-hybridized carbons (Fsp3) is 0.400. The first kappa shape index (κ1) is 22.8. The molecule has 1 heterocycles. The van der Waals surface area contributed by atoms with E-state index in [1.807, 2.05) is 36.4 Å². The van der Waals surface area contributed by atoms with E-state index in [2.05, 4.69) is 22.8 Å². The van der Waals surface area contributed by atoms with Crippen LogP contribution in [0.5, 0.6) is 0 Å². The first-order valence-corrected chi connectivity index (χ1v) is 11.0. The summed E-state index contributed by atoms with van der Waals surface area (Å²) < 4.78 is 11.1. The van der Waals surface area contributed by atoms with Crippen molar-refractivity contribution in [2.45, 2.75) is 38.3 Å². The van der Waals surface area contributed by atoms with Crippen molar-refractivity contribution in [3.63, 3.8) is 0 Å². The number of carbonyl (C=O) groups is 3. The molecule has 2 unspecified atom stereocenters. The third-order valence-corrected chi connectivity index (χ3v) is 6.28. The van der Waals surface area contributed by atoms with Crippen molar-refractivity contribution in [3.05, 3.63) is 59.7 Å². The summed E-state index contributed by atoms with van der Waals surface area (Å²) in [5.74, 6) is -1.52. The van der Waals surface area contributed by atoms with E-state index in [0.29, 0.717) is 13.0 Å². The molecule has 2 atom stereocenters. The third kappa shape index (κ3) is 4.71. The molecule has 2 aromatic rings. The number of fused-ring (bicyclic) bond motifs is 3. The quantitative estimate of drug-likeness (QED) is 0.595. The molecule has 0 bridgehead atoms. The van der Waals surface area contributed by atoms with Gasteiger partial charge < -0.3 is 25.2 Å². The minimum Gasteiger partial charge on any atom is -0.481 e. The monoisotopic (exact) mass is 452 g/mol. The van der Waals surface area contributed by atoms with Gasteiger partial charge in [-0.15, -0.1) is 0 Å². The number of aliphatic carboxylic acids is 1. The Bertz CT molecular complexity index is 1020. The summed E-state index contributed by atoms with van der Waals surface area (Å²) in [5.41, 5.74) is 3.42. The second-order valence-electron chi connectivity index (χ2n) is 9.06. The maximum Gasteiger partial charge on any atom is 0.407 e. The highest BCUT2D eigenvalue weighted by Crippen LogP contribution is 2.44. The molecule has 3 N–H and O–H groups in total. The Balaban J connectivity index is 1.34. The van der Waals surface area contributed by atoms with Gasteiger partial charge in [0.25, 0.3) is 5.91 Å². The van der Waals surface area contributed by atoms with Gasteiger partial charge in [0.2, 0.25) is 0 Å². The van der Waals surface area contributed by atoms with Crippen LogP contribution in [-0.2, 0) is 19.1 Å². The van der Waals surface area contributed by atoms with Crippen LogP contribution in [0.1, 0.15) is 37.3 Å². The summed E-state index contributed by atoms with van der Waals surface area (Å²) in [6.07, 6.45) is -1.05. The fourth-order valence-electron chi connectivity index (χ4n) is 4.27. The van der Waals surface area contributed by atoms with Crippen molar-refractivity contribution in [2.24, 2.45) is 5.41 Å². The largest absolute Gasteiger partial charge is 0.481 e. The molecule has 0 saturated carbocycles. The lowest BCUT2D eigenvalue weighted by Crippen LogP contribution is -2.50. The summed E-state index contributed by atoms with van der Waals surface area (Å²) in [6, 6.07) is 15.6. The zero-order valence-corrected chi connectivity index (χ0v) is 18.7. The number of hydrogen-bond donors (Lipinski definition) is 3. The van der Waals surface area contributed by atoms with E-state index in [4.69, 9.17) is 9.47 Å². The number of carbonyl (C=O) groups excluding carboxylic acids is 2. The van der Waals surface area contributed by atoms with Gasteiger partial charge in [0, 0.05) is 19.1 Å². The molecule has 1 aliphatic carbocycles. The molecular weight excluding hydrogens is 424 g/mol. The zero-order valence-electron chi connectivity index (χ0n) is 18.7. The highest BCUT2D eigenvalue weighted by atomic mass is 16.6. The van der Waals surface area contributed by atoms with Gasteiger partial charge in [0.05, 0.1) is 11.5 Å². The molecule has 4 rings (SSSR count). The number of alkyl carbamates (subject to hydrolysis) is 1. The molecule has 2 aliphatic rings. The van der Waals surface area contributed by atoms with Gasteiger partial charge in [-0.25, -0.2) is 4.79 Å². The van der Waals surface area contributed by atoms with Crippen LogP contribution in [0.15, 0.2) is 48.5 Å². The number of carboxylic acid groups (broad SMARTS) is 1. The predicted octanol–water partition coefficient (Wildman–Crippen LogP) is 2.91. The van der Waals surface area contributed by atoms with E-state index in [0.717, 1.165) is 22.3 Å². The highest BCUT2D eigenvalue weighted by Gasteiger charge is 2.37. The Morgan fingerprint density at radius 1 is 1.06 bits per heavy atom. The fourth-order valence-corrected chi connectivity index (χ4v) is 4.27. The van der Waals surface area contributed by atoms with Crippen molar-refractivity contribution in [2.75, 3.05) is 19.8 Å². The van der Waals surface area contributed by atoms with E-state index in [1.54, 1.807) is 0 Å². The number of benzene rings is 2. The standard InChI is InChI=1S/C25H28N2O6/c1-25(2,23(29)30)14-26-22(28)21-20(11-12-32-21)27-24(31)33-13-19-17-9-5-3-7-15(17)16-8-4-6-10-18(16)19/h3-10,19-21H,11-14H2,1-2H3,(H,26,28)(H,27,31)(H,29,30). The average Bonchev–Trinajstić information content (AvgIpc) is 3.38. The van der Waals surface area contributed by atoms with Gasteiger partial charge >= 0.3 is 12.1 Å². The number of rotatable bonds is 7. The van der Waals surface area contributed by atoms with Crippen LogP contribution in [0.2, 0.25) is 0 Å². The van der Waals surface area contributed by atoms with Crippen molar-refractivity contribution in [1.82, 2.24) is 10.6 Å². The van der Waals surface area contributed by atoms with Crippen LogP contribution in [0.25, 0.3) is 11.1 Å². The lowest BCUT2D eigenvalue weighted by molar-refractivity contribution is -0.147. The van der Waals surface area contributed by atoms with Crippen LogP contribution >= 0.6 is 0 Å². The summed E-state index contributed by atoms with van der Waals surface area (Å²) in [5, 5.41) is 14.6. The maximum atomic E-state index is 12.6. The van der Waals surface area contributed by atoms with Gasteiger partial charge in [-0.1, -0.05) is 48.5 Å². The molecule has 0 radical (unpaired) electrons. The molecule has 174 valence electrons. The Morgan fingerprint density at radius 3 is 2.27 bits per heavy atom. The van der Waals surface area contributed by atoms with Crippen LogP contribution in [-0.4, -0.2) is 55.0 Å². The second-order valence-corrected chi connectivity index (χ2v) is 9.06. The SMILES string of the molecule is CC(C)(CNC(=O)C1OCCC1NC(=O)OCC1c2ccccc2-c2ccccc21)C(=O)O. The highest BCUT2D eigenvalue weighted by molar-refractivity contribution is 5.84. The molecule has 0 aromatic heterocycles. The van der Waals surface area contributed by atoms with Gasteiger partial charge in [-0.05, 0) is 42.5 Å². The normalized spacial score (nSPS) is 19.5. The zero-order chi connectivity index (χ0) is 23.6. The predicted molar refractivity (Wildman–Crippen MR) is 121 cm³/mol. The lowest BCUT2D eigenvalue weighted by Gasteiger charge is -2.23. The summed E-state index contributed by atoms with van der Waals surface area (Å²) >= 11 is 0. The Labute approximate surface area is 192 Å². The second kappa shape index (κ2) is 9.23. The molecule has 1 fully saturated rings. The van der Waals surface area contributed by atoms with Gasteiger partial charge in [-0.3, -0.25) is 9.59 Å². The van der Waals surface area contributed by atoms with E-state index < -0.39 is 35.5 Å². The molecule has 8 heteroatoms. The van der Waals surface area contributed by atoms with Crippen LogP contribution < -0.4 is 10.6 Å². The number of ether oxygens (including phenoxy) is 2. The minimum absolute atomic E-state index is 0.0430. The molecule has 2 aromatic carbocycles. The maximum absolute atomic E-state index is 12.6. The molecule has 1 aliphatic heterocycles. The Morgan fingerprint density at radius 2 is 1.67 bits per heavy atom.